The van der Waals surface area contributed by atoms with E-state index >= 15 is 0 Å². The summed E-state index contributed by atoms with van der Waals surface area (Å²) in [5.74, 6) is 0. The fourth-order valence-electron chi connectivity index (χ4n) is 4.48. The summed E-state index contributed by atoms with van der Waals surface area (Å²) in [4.78, 5) is 4.62. The van der Waals surface area contributed by atoms with Crippen LogP contribution in [0.25, 0.3) is 44.8 Å². The first-order chi connectivity index (χ1) is 18.2. The minimum absolute atomic E-state index is 0.859. The Morgan fingerprint density at radius 3 is 2.19 bits per heavy atom. The van der Waals surface area contributed by atoms with Crippen LogP contribution in [-0.2, 0) is 0 Å². The van der Waals surface area contributed by atoms with E-state index in [1.165, 1.54) is 39.0 Å². The zero-order chi connectivity index (χ0) is 25.5. The number of hydrogen-bond donors (Lipinski definition) is 1. The summed E-state index contributed by atoms with van der Waals surface area (Å²) in [6.45, 7) is 6.77. The van der Waals surface area contributed by atoms with Crippen LogP contribution in [0.2, 0.25) is 0 Å². The highest BCUT2D eigenvalue weighted by atomic mass is 14.9. The molecule has 0 radical (unpaired) electrons. The summed E-state index contributed by atoms with van der Waals surface area (Å²) in [6.07, 6.45) is 16.1. The number of dihydropyridines is 1. The molecule has 2 heterocycles. The largest absolute Gasteiger partial charge is 0.381 e. The topological polar surface area (TPSA) is 24.9 Å². The molecule has 0 amide bonds. The number of nitrogens with one attached hydrogen (secondary N) is 1. The van der Waals surface area contributed by atoms with Gasteiger partial charge in [-0.05, 0) is 94.4 Å². The van der Waals surface area contributed by atoms with E-state index in [0.717, 1.165) is 23.5 Å². The van der Waals surface area contributed by atoms with Crippen molar-refractivity contribution in [3.05, 3.63) is 151 Å². The van der Waals surface area contributed by atoms with E-state index in [-0.39, 0.29) is 0 Å². The van der Waals surface area contributed by atoms with Crippen molar-refractivity contribution in [2.45, 2.75) is 6.92 Å². The Labute approximate surface area is 219 Å². The summed E-state index contributed by atoms with van der Waals surface area (Å²) in [7, 11) is 0. The number of pyridine rings is 1. The summed E-state index contributed by atoms with van der Waals surface area (Å²) < 4.78 is 0. The molecule has 0 unspecified atom stereocenters. The lowest BCUT2D eigenvalue weighted by molar-refractivity contribution is 0.996. The Hall–Kier alpha value is -4.69. The van der Waals surface area contributed by atoms with Crippen LogP contribution in [-0.4, -0.2) is 11.5 Å². The van der Waals surface area contributed by atoms with Crippen LogP contribution in [0.4, 0.5) is 0 Å². The van der Waals surface area contributed by atoms with Crippen LogP contribution >= 0.6 is 0 Å². The van der Waals surface area contributed by atoms with Gasteiger partial charge >= 0.3 is 0 Å². The summed E-state index contributed by atoms with van der Waals surface area (Å²) in [5, 5.41) is 3.46. The van der Waals surface area contributed by atoms with Crippen molar-refractivity contribution < 1.29 is 0 Å². The fourth-order valence-corrected chi connectivity index (χ4v) is 4.48. The number of aromatic nitrogens is 1. The third-order valence-electron chi connectivity index (χ3n) is 6.45. The van der Waals surface area contributed by atoms with Gasteiger partial charge < -0.3 is 5.32 Å². The van der Waals surface area contributed by atoms with Crippen LogP contribution in [0.1, 0.15) is 18.1 Å². The standard InChI is InChI=1S/C35H30N2/c1-3-4-5-12-26(2)31-23-32(25-33(24-31)35-18-7-9-20-37-35)29-15-10-13-27(21-29)28-14-11-16-30(22-28)34-17-6-8-19-36-34/h3-18,20-25,36H,1,19H2,2H3/b5-4-,26-12+. The van der Waals surface area contributed by atoms with Gasteiger partial charge in [-0.2, -0.15) is 0 Å². The van der Waals surface area contributed by atoms with E-state index in [1.54, 1.807) is 6.08 Å². The van der Waals surface area contributed by atoms with E-state index in [0.29, 0.717) is 0 Å². The second-order valence-electron chi connectivity index (χ2n) is 9.04. The minimum Gasteiger partial charge on any atom is -0.381 e. The predicted molar refractivity (Wildman–Crippen MR) is 159 cm³/mol. The minimum atomic E-state index is 0.859. The van der Waals surface area contributed by atoms with Gasteiger partial charge in [-0.25, -0.2) is 0 Å². The SMILES string of the molecule is C=C/C=C\C=C(/C)c1cc(-c2cccc(-c3cccc(C4=CC=CCN4)c3)c2)cc(-c2ccccn2)c1. The normalized spacial score (nSPS) is 13.3. The van der Waals surface area contributed by atoms with Gasteiger partial charge in [-0.1, -0.05) is 85.5 Å². The molecule has 1 aliphatic rings. The number of allylic oxidation sites excluding steroid dienone is 7. The molecule has 1 aromatic heterocycles. The summed E-state index contributed by atoms with van der Waals surface area (Å²) in [6, 6.07) is 30.2. The monoisotopic (exact) mass is 478 g/mol. The smallest absolute Gasteiger partial charge is 0.0702 e. The molecular weight excluding hydrogens is 448 g/mol. The Kier molecular flexibility index (Phi) is 7.38. The van der Waals surface area contributed by atoms with E-state index < -0.39 is 0 Å². The first-order valence-corrected chi connectivity index (χ1v) is 12.6. The maximum Gasteiger partial charge on any atom is 0.0702 e. The third kappa shape index (κ3) is 5.76. The van der Waals surface area contributed by atoms with E-state index in [4.69, 9.17) is 0 Å². The molecule has 0 atom stereocenters. The average Bonchev–Trinajstić information content (AvgIpc) is 2.98. The quantitative estimate of drug-likeness (QED) is 0.269. The van der Waals surface area contributed by atoms with Gasteiger partial charge in [0.2, 0.25) is 0 Å². The van der Waals surface area contributed by atoms with Crippen molar-refractivity contribution in [1.29, 1.82) is 0 Å². The molecule has 2 nitrogen and oxygen atoms in total. The van der Waals surface area contributed by atoms with Crippen LogP contribution in [0, 0.1) is 0 Å². The van der Waals surface area contributed by atoms with E-state index in [9.17, 15) is 0 Å². The van der Waals surface area contributed by atoms with Gasteiger partial charge in [0.05, 0.1) is 5.69 Å². The molecule has 5 rings (SSSR count). The molecule has 180 valence electrons. The first-order valence-electron chi connectivity index (χ1n) is 12.6. The van der Waals surface area contributed by atoms with E-state index in [1.807, 2.05) is 30.5 Å². The molecule has 4 aromatic rings. The molecule has 0 bridgehead atoms. The van der Waals surface area contributed by atoms with Crippen molar-refractivity contribution in [3.63, 3.8) is 0 Å². The number of rotatable bonds is 7. The van der Waals surface area contributed by atoms with Gasteiger partial charge in [-0.3, -0.25) is 4.98 Å². The van der Waals surface area contributed by atoms with Crippen molar-refractivity contribution in [1.82, 2.24) is 10.3 Å². The lowest BCUT2D eigenvalue weighted by Gasteiger charge is -2.14. The van der Waals surface area contributed by atoms with Gasteiger partial charge in [0.1, 0.15) is 0 Å². The second-order valence-corrected chi connectivity index (χ2v) is 9.04. The number of nitrogens with zero attached hydrogens (tertiary/aromatic N) is 1. The third-order valence-corrected chi connectivity index (χ3v) is 6.45. The molecule has 1 N–H and O–H groups in total. The molecule has 0 saturated heterocycles. The number of benzene rings is 3. The molecule has 0 spiro atoms. The van der Waals surface area contributed by atoms with Crippen molar-refractivity contribution in [2.24, 2.45) is 0 Å². The van der Waals surface area contributed by atoms with Crippen LogP contribution in [0.5, 0.6) is 0 Å². The second kappa shape index (κ2) is 11.4. The number of hydrogen-bond acceptors (Lipinski definition) is 2. The van der Waals surface area contributed by atoms with E-state index in [2.05, 4.69) is 121 Å². The Morgan fingerprint density at radius 2 is 1.49 bits per heavy atom. The Balaban J connectivity index is 1.57. The zero-order valence-electron chi connectivity index (χ0n) is 21.1. The Morgan fingerprint density at radius 1 is 0.784 bits per heavy atom. The fraction of sp³-hybridized carbons (Fsp3) is 0.0571. The predicted octanol–water partition coefficient (Wildman–Crippen LogP) is 8.73. The molecule has 2 heteroatoms. The molecule has 1 aliphatic heterocycles. The highest BCUT2D eigenvalue weighted by Crippen LogP contribution is 2.33. The molecule has 0 saturated carbocycles. The summed E-state index contributed by atoms with van der Waals surface area (Å²) in [5.41, 5.74) is 11.5. The maximum atomic E-state index is 4.62. The molecular formula is C35H30N2. The lowest BCUT2D eigenvalue weighted by Crippen LogP contribution is -2.14. The van der Waals surface area contributed by atoms with Gasteiger partial charge in [0, 0.05) is 24.0 Å². The molecule has 0 fully saturated rings. The van der Waals surface area contributed by atoms with Crippen LogP contribution in [0.15, 0.2) is 140 Å². The van der Waals surface area contributed by atoms with Crippen molar-refractivity contribution in [2.75, 3.05) is 6.54 Å². The average molecular weight is 479 g/mol. The first kappa shape index (κ1) is 24.0. The molecule has 37 heavy (non-hydrogen) atoms. The van der Waals surface area contributed by atoms with Crippen molar-refractivity contribution in [3.8, 4) is 33.5 Å². The summed E-state index contributed by atoms with van der Waals surface area (Å²) >= 11 is 0. The van der Waals surface area contributed by atoms with Crippen LogP contribution < -0.4 is 5.32 Å². The lowest BCUT2D eigenvalue weighted by atomic mass is 9.93. The maximum absolute atomic E-state index is 4.62. The van der Waals surface area contributed by atoms with Crippen molar-refractivity contribution >= 4 is 11.3 Å². The molecule has 0 aliphatic carbocycles. The molecule has 3 aromatic carbocycles. The van der Waals surface area contributed by atoms with Crippen LogP contribution in [0.3, 0.4) is 0 Å². The highest BCUT2D eigenvalue weighted by molar-refractivity contribution is 5.82. The Bertz CT molecular complexity index is 1530. The zero-order valence-corrected chi connectivity index (χ0v) is 21.1. The highest BCUT2D eigenvalue weighted by Gasteiger charge is 2.10. The van der Waals surface area contributed by atoms with Gasteiger partial charge in [-0.15, -0.1) is 0 Å². The van der Waals surface area contributed by atoms with Gasteiger partial charge in [0.25, 0.3) is 0 Å². The van der Waals surface area contributed by atoms with Gasteiger partial charge in [0.15, 0.2) is 0 Å².